The Morgan fingerprint density at radius 3 is 2.88 bits per heavy atom. The summed E-state index contributed by atoms with van der Waals surface area (Å²) in [5.74, 6) is -0.0518. The molecule has 0 saturated carbocycles. The van der Waals surface area contributed by atoms with E-state index in [0.717, 1.165) is 4.88 Å². The van der Waals surface area contributed by atoms with Gasteiger partial charge in [0.15, 0.2) is 5.78 Å². The molecule has 1 aromatic heterocycles. The summed E-state index contributed by atoms with van der Waals surface area (Å²) in [4.78, 5) is 12.9. The summed E-state index contributed by atoms with van der Waals surface area (Å²) in [7, 11) is 0. The van der Waals surface area contributed by atoms with E-state index in [1.54, 1.807) is 35.6 Å². The van der Waals surface area contributed by atoms with Crippen LogP contribution in [0.15, 0.2) is 41.8 Å². The number of carbonyl (C=O) groups excluding carboxylic acids is 1. The van der Waals surface area contributed by atoms with Gasteiger partial charge in [0.25, 0.3) is 0 Å². The Hall–Kier alpha value is -1.16. The van der Waals surface area contributed by atoms with Gasteiger partial charge >= 0.3 is 0 Å². The second-order valence-corrected chi connectivity index (χ2v) is 4.97. The fourth-order valence-electron chi connectivity index (χ4n) is 1.38. The van der Waals surface area contributed by atoms with Crippen molar-refractivity contribution in [3.8, 4) is 0 Å². The van der Waals surface area contributed by atoms with Crippen molar-refractivity contribution in [1.82, 2.24) is 0 Å². The molecule has 0 aliphatic heterocycles. The summed E-state index contributed by atoms with van der Waals surface area (Å²) in [6.07, 6.45) is 0. The quantitative estimate of drug-likeness (QED) is 0.770. The van der Waals surface area contributed by atoms with Gasteiger partial charge < -0.3 is 4.74 Å². The lowest BCUT2D eigenvalue weighted by atomic mass is 10.1. The molecular weight excluding hydrogens is 256 g/mol. The molecule has 2 rings (SSSR count). The fraction of sp³-hybridized carbons (Fsp3) is 0.154. The molecule has 0 radical (unpaired) electrons. The zero-order valence-corrected chi connectivity index (χ0v) is 10.6. The molecule has 1 aromatic carbocycles. The Morgan fingerprint density at radius 2 is 2.18 bits per heavy atom. The van der Waals surface area contributed by atoms with Gasteiger partial charge in [-0.1, -0.05) is 29.8 Å². The SMILES string of the molecule is O=C(COCc1cccs1)c1cccc(Cl)c1. The van der Waals surface area contributed by atoms with Gasteiger partial charge in [-0.15, -0.1) is 11.3 Å². The lowest BCUT2D eigenvalue weighted by Gasteiger charge is -2.02. The van der Waals surface area contributed by atoms with Crippen molar-refractivity contribution >= 4 is 28.7 Å². The number of halogens is 1. The van der Waals surface area contributed by atoms with Crippen LogP contribution in [-0.4, -0.2) is 12.4 Å². The van der Waals surface area contributed by atoms with E-state index in [1.807, 2.05) is 17.5 Å². The van der Waals surface area contributed by atoms with Crippen molar-refractivity contribution in [3.63, 3.8) is 0 Å². The largest absolute Gasteiger partial charge is 0.368 e. The normalized spacial score (nSPS) is 10.4. The first-order valence-corrected chi connectivity index (χ1v) is 6.40. The van der Waals surface area contributed by atoms with Crippen molar-refractivity contribution in [3.05, 3.63) is 57.2 Å². The van der Waals surface area contributed by atoms with Crippen molar-refractivity contribution in [2.45, 2.75) is 6.61 Å². The number of ketones is 1. The lowest BCUT2D eigenvalue weighted by molar-refractivity contribution is 0.0731. The molecule has 0 unspecified atom stereocenters. The summed E-state index contributed by atoms with van der Waals surface area (Å²) >= 11 is 7.43. The smallest absolute Gasteiger partial charge is 0.188 e. The Labute approximate surface area is 109 Å². The third kappa shape index (κ3) is 3.66. The minimum absolute atomic E-state index is 0.0518. The van der Waals surface area contributed by atoms with Crippen LogP contribution in [0.1, 0.15) is 15.2 Å². The van der Waals surface area contributed by atoms with E-state index in [4.69, 9.17) is 16.3 Å². The molecule has 88 valence electrons. The van der Waals surface area contributed by atoms with Crippen LogP contribution in [0, 0.1) is 0 Å². The molecule has 17 heavy (non-hydrogen) atoms. The zero-order chi connectivity index (χ0) is 12.1. The highest BCUT2D eigenvalue weighted by Gasteiger charge is 2.06. The van der Waals surface area contributed by atoms with Crippen molar-refractivity contribution in [2.75, 3.05) is 6.61 Å². The van der Waals surface area contributed by atoms with Crippen molar-refractivity contribution < 1.29 is 9.53 Å². The van der Waals surface area contributed by atoms with Gasteiger partial charge in [0.1, 0.15) is 6.61 Å². The number of thiophene rings is 1. The van der Waals surface area contributed by atoms with Crippen LogP contribution in [0.4, 0.5) is 0 Å². The van der Waals surface area contributed by atoms with E-state index in [1.165, 1.54) is 0 Å². The highest BCUT2D eigenvalue weighted by molar-refractivity contribution is 7.09. The number of ether oxygens (including phenoxy) is 1. The first kappa shape index (κ1) is 12.3. The van der Waals surface area contributed by atoms with Crippen LogP contribution >= 0.6 is 22.9 Å². The van der Waals surface area contributed by atoms with Crippen molar-refractivity contribution in [2.24, 2.45) is 0 Å². The molecular formula is C13H11ClO2S. The summed E-state index contributed by atoms with van der Waals surface area (Å²) < 4.78 is 5.35. The molecule has 0 spiro atoms. The molecule has 0 amide bonds. The predicted octanol–water partition coefficient (Wildman–Crippen LogP) is 3.80. The van der Waals surface area contributed by atoms with Gasteiger partial charge in [0.2, 0.25) is 0 Å². The first-order valence-electron chi connectivity index (χ1n) is 5.14. The summed E-state index contributed by atoms with van der Waals surface area (Å²) in [6, 6.07) is 10.8. The van der Waals surface area contributed by atoms with Gasteiger partial charge in [-0.2, -0.15) is 0 Å². The number of Topliss-reactive ketones (excluding diaryl/α,β-unsaturated/α-hetero) is 1. The van der Waals surface area contributed by atoms with E-state index < -0.39 is 0 Å². The monoisotopic (exact) mass is 266 g/mol. The van der Waals surface area contributed by atoms with Gasteiger partial charge in [-0.05, 0) is 23.6 Å². The van der Waals surface area contributed by atoms with Gasteiger partial charge in [0, 0.05) is 15.5 Å². The van der Waals surface area contributed by atoms with E-state index >= 15 is 0 Å². The van der Waals surface area contributed by atoms with Gasteiger partial charge in [-0.25, -0.2) is 0 Å². The second-order valence-electron chi connectivity index (χ2n) is 3.51. The molecule has 0 aliphatic rings. The minimum atomic E-state index is -0.0518. The average molecular weight is 267 g/mol. The highest BCUT2D eigenvalue weighted by atomic mass is 35.5. The third-order valence-corrected chi connectivity index (χ3v) is 3.29. The maximum atomic E-state index is 11.7. The molecule has 2 nitrogen and oxygen atoms in total. The maximum Gasteiger partial charge on any atom is 0.188 e. The van der Waals surface area contributed by atoms with Crippen LogP contribution in [0.3, 0.4) is 0 Å². The van der Waals surface area contributed by atoms with E-state index in [0.29, 0.717) is 17.2 Å². The molecule has 0 bridgehead atoms. The van der Waals surface area contributed by atoms with Crippen LogP contribution in [0.25, 0.3) is 0 Å². The number of benzene rings is 1. The zero-order valence-electron chi connectivity index (χ0n) is 9.06. The number of carbonyl (C=O) groups is 1. The number of rotatable bonds is 5. The second kappa shape index (κ2) is 5.96. The Balaban J connectivity index is 1.85. The molecule has 2 aromatic rings. The molecule has 0 atom stereocenters. The maximum absolute atomic E-state index is 11.7. The van der Waals surface area contributed by atoms with Crippen LogP contribution in [-0.2, 0) is 11.3 Å². The Morgan fingerprint density at radius 1 is 1.29 bits per heavy atom. The van der Waals surface area contributed by atoms with Crippen LogP contribution < -0.4 is 0 Å². The standard InChI is InChI=1S/C13H11ClO2S/c14-11-4-1-3-10(7-11)13(15)9-16-8-12-5-2-6-17-12/h1-7H,8-9H2. The molecule has 1 heterocycles. The lowest BCUT2D eigenvalue weighted by Crippen LogP contribution is -2.08. The Kier molecular flexibility index (Phi) is 4.31. The molecule has 0 saturated heterocycles. The number of hydrogen-bond donors (Lipinski definition) is 0. The third-order valence-electron chi connectivity index (χ3n) is 2.20. The molecule has 0 fully saturated rings. The van der Waals surface area contributed by atoms with E-state index in [2.05, 4.69) is 0 Å². The van der Waals surface area contributed by atoms with Crippen LogP contribution in [0.2, 0.25) is 5.02 Å². The van der Waals surface area contributed by atoms with Crippen LogP contribution in [0.5, 0.6) is 0 Å². The molecule has 0 aliphatic carbocycles. The summed E-state index contributed by atoms with van der Waals surface area (Å²) in [5.41, 5.74) is 0.587. The summed E-state index contributed by atoms with van der Waals surface area (Å²) in [5, 5.41) is 2.55. The van der Waals surface area contributed by atoms with E-state index in [-0.39, 0.29) is 12.4 Å². The summed E-state index contributed by atoms with van der Waals surface area (Å²) in [6.45, 7) is 0.558. The fourth-order valence-corrected chi connectivity index (χ4v) is 2.22. The number of hydrogen-bond acceptors (Lipinski definition) is 3. The highest BCUT2D eigenvalue weighted by Crippen LogP contribution is 2.12. The van der Waals surface area contributed by atoms with E-state index in [9.17, 15) is 4.79 Å². The minimum Gasteiger partial charge on any atom is -0.368 e. The predicted molar refractivity (Wildman–Crippen MR) is 69.8 cm³/mol. The molecule has 0 N–H and O–H groups in total. The Bertz CT molecular complexity index is 494. The van der Waals surface area contributed by atoms with Crippen molar-refractivity contribution in [1.29, 1.82) is 0 Å². The topological polar surface area (TPSA) is 26.3 Å². The van der Waals surface area contributed by atoms with Gasteiger partial charge in [-0.3, -0.25) is 4.79 Å². The first-order chi connectivity index (χ1) is 8.25. The van der Waals surface area contributed by atoms with Gasteiger partial charge in [0.05, 0.1) is 6.61 Å². The average Bonchev–Trinajstić information content (AvgIpc) is 2.82. The molecule has 4 heteroatoms.